The van der Waals surface area contributed by atoms with Crippen LogP contribution in [0.2, 0.25) is 0 Å². The van der Waals surface area contributed by atoms with Crippen LogP contribution in [0.5, 0.6) is 0 Å². The van der Waals surface area contributed by atoms with E-state index in [4.69, 9.17) is 0 Å². The van der Waals surface area contributed by atoms with Gasteiger partial charge in [0.25, 0.3) is 5.16 Å². The van der Waals surface area contributed by atoms with Gasteiger partial charge in [0.1, 0.15) is 6.08 Å². The Morgan fingerprint density at radius 3 is 3.00 bits per heavy atom. The van der Waals surface area contributed by atoms with Gasteiger partial charge in [-0.15, -0.1) is 0 Å². The van der Waals surface area contributed by atoms with E-state index in [1.807, 2.05) is 0 Å². The molecule has 0 aromatic rings. The average Bonchev–Trinajstić information content (AvgIpc) is 1.76. The van der Waals surface area contributed by atoms with E-state index in [1.54, 1.807) is 0 Å². The van der Waals surface area contributed by atoms with Crippen LogP contribution < -0.4 is 5.16 Å². The van der Waals surface area contributed by atoms with E-state index in [1.165, 1.54) is 12.5 Å². The maximum absolute atomic E-state index is 4.28. The van der Waals surface area contributed by atoms with Gasteiger partial charge in [0.05, 0.1) is 0 Å². The molecule has 1 aliphatic rings. The fourth-order valence-corrected chi connectivity index (χ4v) is 0.152. The van der Waals surface area contributed by atoms with Gasteiger partial charge in [-0.2, -0.15) is 4.84 Å². The second-order valence-electron chi connectivity index (χ2n) is 0.624. The Hall–Kier alpha value is -0.790. The van der Waals surface area contributed by atoms with Gasteiger partial charge < -0.3 is 0 Å². The Morgan fingerprint density at radius 2 is 2.80 bits per heavy atom. The lowest BCUT2D eigenvalue weighted by Gasteiger charge is -1.48. The number of oxime groups is 1. The summed E-state index contributed by atoms with van der Waals surface area (Å²) in [6.45, 7) is 0. The molecular formula is C3H2NO+. The number of hydrogen-bond acceptors (Lipinski definition) is 2. The summed E-state index contributed by atoms with van der Waals surface area (Å²) in [7, 11) is 0. The average molecular weight is 68.1 g/mol. The third kappa shape index (κ3) is 0.265. The summed E-state index contributed by atoms with van der Waals surface area (Å²) in [5.41, 5.74) is 0. The van der Waals surface area contributed by atoms with Crippen molar-refractivity contribution in [1.29, 1.82) is 0 Å². The minimum absolute atomic E-state index is 1.39. The Balaban J connectivity index is 2.61. The SMILES string of the molecule is [C]1=CO[N+]=C1. The molecule has 2 nitrogen and oxygen atoms in total. The molecule has 0 aromatic heterocycles. The van der Waals surface area contributed by atoms with Crippen molar-refractivity contribution in [3.63, 3.8) is 0 Å². The third-order valence-electron chi connectivity index (χ3n) is 0.309. The highest BCUT2D eigenvalue weighted by molar-refractivity contribution is 5.65. The van der Waals surface area contributed by atoms with Crippen molar-refractivity contribution in [2.75, 3.05) is 0 Å². The summed E-state index contributed by atoms with van der Waals surface area (Å²) in [5.74, 6) is 0. The minimum atomic E-state index is 1.39. The molecule has 0 bridgehead atoms. The molecule has 0 unspecified atom stereocenters. The van der Waals surface area contributed by atoms with Gasteiger partial charge in [0.15, 0.2) is 6.26 Å². The van der Waals surface area contributed by atoms with E-state index in [-0.39, 0.29) is 0 Å². The molecule has 0 amide bonds. The van der Waals surface area contributed by atoms with E-state index < -0.39 is 0 Å². The van der Waals surface area contributed by atoms with Crippen molar-refractivity contribution in [2.24, 2.45) is 0 Å². The fraction of sp³-hybridized carbons (Fsp3) is 0. The Morgan fingerprint density at radius 1 is 1.80 bits per heavy atom. The van der Waals surface area contributed by atoms with Gasteiger partial charge in [-0.25, -0.2) is 0 Å². The van der Waals surface area contributed by atoms with E-state index in [9.17, 15) is 0 Å². The monoisotopic (exact) mass is 68.0 g/mol. The van der Waals surface area contributed by atoms with Crippen LogP contribution in [0.1, 0.15) is 0 Å². The van der Waals surface area contributed by atoms with Crippen LogP contribution in [0, 0.1) is 6.08 Å². The summed E-state index contributed by atoms with van der Waals surface area (Å²) in [5, 5.41) is 3.29. The Labute approximate surface area is 29.7 Å². The molecule has 1 rings (SSSR count). The molecular weight excluding hydrogens is 66.0 g/mol. The number of rotatable bonds is 0. The predicted molar refractivity (Wildman–Crippen MR) is 17.1 cm³/mol. The molecule has 2 heteroatoms. The zero-order valence-corrected chi connectivity index (χ0v) is 2.51. The first-order valence-corrected chi connectivity index (χ1v) is 1.25. The highest BCUT2D eigenvalue weighted by Gasteiger charge is 1.92. The molecule has 0 aromatic carbocycles. The molecule has 2 radical (unpaired) electrons. The van der Waals surface area contributed by atoms with Gasteiger partial charge in [0, 0.05) is 0 Å². The van der Waals surface area contributed by atoms with Crippen LogP contribution >= 0.6 is 0 Å². The van der Waals surface area contributed by atoms with E-state index in [2.05, 4.69) is 16.1 Å². The van der Waals surface area contributed by atoms with Crippen molar-refractivity contribution in [3.8, 4) is 0 Å². The third-order valence-corrected chi connectivity index (χ3v) is 0.309. The molecule has 0 aliphatic carbocycles. The standard InChI is InChI=1S/C3H2NO/c1-2-4-5-3-1/h2-3H/q+1. The minimum Gasteiger partial charge on any atom is -0.179 e. The zero-order chi connectivity index (χ0) is 3.54. The maximum Gasteiger partial charge on any atom is 0.314 e. The summed E-state index contributed by atoms with van der Waals surface area (Å²) in [4.78, 5) is 4.28. The second kappa shape index (κ2) is 0.885. The topological polar surface area (TPSA) is 23.3 Å². The maximum atomic E-state index is 4.28. The molecule has 0 atom stereocenters. The van der Waals surface area contributed by atoms with Gasteiger partial charge in [0.2, 0.25) is 0 Å². The van der Waals surface area contributed by atoms with E-state index >= 15 is 0 Å². The molecule has 0 N–H and O–H groups in total. The molecule has 24 valence electrons. The van der Waals surface area contributed by atoms with Gasteiger partial charge in [-0.3, -0.25) is 0 Å². The van der Waals surface area contributed by atoms with Crippen molar-refractivity contribution in [3.05, 3.63) is 12.3 Å². The second-order valence-corrected chi connectivity index (χ2v) is 0.624. The van der Waals surface area contributed by atoms with Gasteiger partial charge >= 0.3 is 6.21 Å². The number of allylic oxidation sites excluding steroid dienone is 1. The summed E-state index contributed by atoms with van der Waals surface area (Å²) < 4.78 is 0. The molecule has 0 fully saturated rings. The zero-order valence-electron chi connectivity index (χ0n) is 2.51. The van der Waals surface area contributed by atoms with Crippen molar-refractivity contribution in [1.82, 2.24) is 5.16 Å². The van der Waals surface area contributed by atoms with Crippen molar-refractivity contribution in [2.45, 2.75) is 0 Å². The summed E-state index contributed by atoms with van der Waals surface area (Å²) >= 11 is 0. The Kier molecular flexibility index (Phi) is 0.433. The molecule has 5 heavy (non-hydrogen) atoms. The summed E-state index contributed by atoms with van der Waals surface area (Å²) in [6.07, 6.45) is 5.43. The van der Waals surface area contributed by atoms with Crippen LogP contribution in [0.15, 0.2) is 6.26 Å². The largest absolute Gasteiger partial charge is 0.314 e. The lowest BCUT2D eigenvalue weighted by molar-refractivity contribution is 0.222. The molecule has 1 heterocycles. The predicted octanol–water partition coefficient (Wildman–Crippen LogP) is -0.345. The number of hydrogen-bond donors (Lipinski definition) is 0. The molecule has 0 saturated heterocycles. The number of nitrogens with zero attached hydrogens (tertiary/aromatic N) is 1. The van der Waals surface area contributed by atoms with Gasteiger partial charge in [-0.1, -0.05) is 0 Å². The van der Waals surface area contributed by atoms with E-state index in [0.29, 0.717) is 0 Å². The van der Waals surface area contributed by atoms with Crippen molar-refractivity contribution < 1.29 is 4.84 Å². The quantitative estimate of drug-likeness (QED) is 0.380. The smallest absolute Gasteiger partial charge is 0.179 e. The first kappa shape index (κ1) is 2.45. The highest BCUT2D eigenvalue weighted by Crippen LogP contribution is 1.69. The highest BCUT2D eigenvalue weighted by atomic mass is 16.6. The Bertz CT molecular complexity index is 65.0. The lowest BCUT2D eigenvalue weighted by Crippen LogP contribution is -1.73. The molecule has 1 aliphatic heterocycles. The normalized spacial score (nSPS) is 16.0. The summed E-state index contributed by atoms with van der Waals surface area (Å²) in [6, 6.07) is 0. The first-order chi connectivity index (χ1) is 2.50. The van der Waals surface area contributed by atoms with Crippen LogP contribution in [0.3, 0.4) is 0 Å². The van der Waals surface area contributed by atoms with Gasteiger partial charge in [-0.05, 0) is 0 Å². The van der Waals surface area contributed by atoms with E-state index in [0.717, 1.165) is 0 Å². The van der Waals surface area contributed by atoms with Crippen molar-refractivity contribution >= 4 is 6.21 Å². The van der Waals surface area contributed by atoms with Crippen LogP contribution in [-0.4, -0.2) is 6.21 Å². The van der Waals surface area contributed by atoms with Crippen LogP contribution in [-0.2, 0) is 4.84 Å². The van der Waals surface area contributed by atoms with Crippen LogP contribution in [0.25, 0.3) is 0 Å². The lowest BCUT2D eigenvalue weighted by atomic mass is 10.7. The molecule has 0 spiro atoms. The molecule has 0 saturated carbocycles. The van der Waals surface area contributed by atoms with Crippen LogP contribution in [0.4, 0.5) is 0 Å². The first-order valence-electron chi connectivity index (χ1n) is 1.25. The fourth-order valence-electron chi connectivity index (χ4n) is 0.152.